The fourth-order valence-corrected chi connectivity index (χ4v) is 4.63. The maximum absolute atomic E-state index is 13.7. The van der Waals surface area contributed by atoms with Crippen LogP contribution in [0.1, 0.15) is 47.5 Å². The van der Waals surface area contributed by atoms with E-state index in [-0.39, 0.29) is 17.6 Å². The van der Waals surface area contributed by atoms with Gasteiger partial charge in [-0.1, -0.05) is 49.4 Å². The Morgan fingerprint density at radius 2 is 1.73 bits per heavy atom. The van der Waals surface area contributed by atoms with Crippen molar-refractivity contribution in [2.24, 2.45) is 0 Å². The molecule has 2 aromatic carbocycles. The van der Waals surface area contributed by atoms with E-state index in [1.807, 2.05) is 55.1 Å². The predicted molar refractivity (Wildman–Crippen MR) is 129 cm³/mol. The van der Waals surface area contributed by atoms with Gasteiger partial charge in [0.05, 0.1) is 5.92 Å². The van der Waals surface area contributed by atoms with Gasteiger partial charge in [-0.05, 0) is 43.5 Å². The van der Waals surface area contributed by atoms with Gasteiger partial charge in [-0.3, -0.25) is 4.79 Å². The number of aryl methyl sites for hydroxylation is 2. The van der Waals surface area contributed by atoms with Gasteiger partial charge in [-0.15, -0.1) is 0 Å². The van der Waals surface area contributed by atoms with Crippen molar-refractivity contribution >= 4 is 11.7 Å². The maximum atomic E-state index is 13.7. The van der Waals surface area contributed by atoms with E-state index in [1.54, 1.807) is 12.1 Å². The first-order valence-electron chi connectivity index (χ1n) is 11.6. The molecule has 1 atom stereocenters. The molecule has 4 rings (SSSR count). The van der Waals surface area contributed by atoms with Gasteiger partial charge in [0.15, 0.2) is 0 Å². The van der Waals surface area contributed by atoms with Crippen molar-refractivity contribution in [2.45, 2.75) is 39.5 Å². The van der Waals surface area contributed by atoms with E-state index in [1.165, 1.54) is 6.07 Å². The first-order chi connectivity index (χ1) is 16.0. The molecule has 5 nitrogen and oxygen atoms in total. The van der Waals surface area contributed by atoms with Gasteiger partial charge in [0.2, 0.25) is 5.91 Å². The minimum Gasteiger partial charge on any atom is -0.353 e. The van der Waals surface area contributed by atoms with Crippen LogP contribution in [0.15, 0.2) is 54.6 Å². The summed E-state index contributed by atoms with van der Waals surface area (Å²) < 4.78 is 13.7. The van der Waals surface area contributed by atoms with E-state index in [2.05, 4.69) is 16.8 Å². The van der Waals surface area contributed by atoms with Gasteiger partial charge in [0.1, 0.15) is 17.5 Å². The van der Waals surface area contributed by atoms with Gasteiger partial charge in [0.25, 0.3) is 0 Å². The Labute approximate surface area is 195 Å². The molecule has 1 aliphatic heterocycles. The van der Waals surface area contributed by atoms with Gasteiger partial charge < -0.3 is 9.80 Å². The summed E-state index contributed by atoms with van der Waals surface area (Å²) in [5.74, 6) is 1.46. The van der Waals surface area contributed by atoms with E-state index >= 15 is 0 Å². The molecule has 1 aromatic heterocycles. The van der Waals surface area contributed by atoms with Crippen molar-refractivity contribution in [3.63, 3.8) is 0 Å². The van der Waals surface area contributed by atoms with E-state index in [9.17, 15) is 9.18 Å². The van der Waals surface area contributed by atoms with Gasteiger partial charge in [-0.2, -0.15) is 0 Å². The summed E-state index contributed by atoms with van der Waals surface area (Å²) in [5.41, 5.74) is 3.90. The molecule has 1 saturated heterocycles. The second kappa shape index (κ2) is 10.1. The number of carbonyl (C=O) groups is 1. The van der Waals surface area contributed by atoms with Crippen LogP contribution in [0.3, 0.4) is 0 Å². The van der Waals surface area contributed by atoms with E-state index in [0.717, 1.165) is 40.4 Å². The summed E-state index contributed by atoms with van der Waals surface area (Å²) in [4.78, 5) is 26.8. The monoisotopic (exact) mass is 446 g/mol. The highest BCUT2D eigenvalue weighted by atomic mass is 19.1. The Morgan fingerprint density at radius 3 is 2.39 bits per heavy atom. The van der Waals surface area contributed by atoms with E-state index in [0.29, 0.717) is 32.6 Å². The fourth-order valence-electron chi connectivity index (χ4n) is 4.63. The van der Waals surface area contributed by atoms with Crippen LogP contribution in [0.4, 0.5) is 10.2 Å². The summed E-state index contributed by atoms with van der Waals surface area (Å²) in [5, 5.41) is 0. The molecular weight excluding hydrogens is 415 g/mol. The zero-order chi connectivity index (χ0) is 23.4. The highest BCUT2D eigenvalue weighted by Gasteiger charge is 2.29. The number of halogens is 1. The minimum atomic E-state index is -0.240. The molecule has 3 aromatic rings. The van der Waals surface area contributed by atoms with Crippen molar-refractivity contribution in [3.8, 4) is 0 Å². The van der Waals surface area contributed by atoms with Crippen molar-refractivity contribution in [1.82, 2.24) is 14.9 Å². The van der Waals surface area contributed by atoms with Crippen LogP contribution >= 0.6 is 0 Å². The first kappa shape index (κ1) is 22.9. The van der Waals surface area contributed by atoms with Crippen LogP contribution in [0.25, 0.3) is 0 Å². The first-order valence-corrected chi connectivity index (χ1v) is 11.6. The third-order valence-electron chi connectivity index (χ3n) is 6.37. The summed E-state index contributed by atoms with van der Waals surface area (Å²) in [6.07, 6.45) is 1.36. The molecule has 6 heteroatoms. The average Bonchev–Trinajstić information content (AvgIpc) is 2.82. The number of piperazine rings is 1. The van der Waals surface area contributed by atoms with Crippen LogP contribution < -0.4 is 4.90 Å². The van der Waals surface area contributed by atoms with Crippen LogP contribution in [-0.4, -0.2) is 47.0 Å². The zero-order valence-corrected chi connectivity index (χ0v) is 19.6. The maximum Gasteiger partial charge on any atom is 0.230 e. The number of aromatic nitrogens is 2. The molecule has 0 aliphatic carbocycles. The number of carbonyl (C=O) groups excluding carboxylic acids is 1. The number of hydrogen-bond donors (Lipinski definition) is 0. The SMILES string of the molecule is CC[C@H](C(=O)N1CCN(c2nc(C)nc(C)c2Cc2cccc(F)c2)CC1)c1ccccc1. The largest absolute Gasteiger partial charge is 0.353 e. The quantitative estimate of drug-likeness (QED) is 0.552. The normalized spacial score (nSPS) is 14.9. The molecule has 0 saturated carbocycles. The van der Waals surface area contributed by atoms with Crippen molar-refractivity contribution in [2.75, 3.05) is 31.1 Å². The second-order valence-electron chi connectivity index (χ2n) is 8.65. The Balaban J connectivity index is 1.51. The smallest absolute Gasteiger partial charge is 0.230 e. The number of rotatable bonds is 6. The Bertz CT molecular complexity index is 1110. The highest BCUT2D eigenvalue weighted by Crippen LogP contribution is 2.27. The summed E-state index contributed by atoms with van der Waals surface area (Å²) >= 11 is 0. The second-order valence-corrected chi connectivity index (χ2v) is 8.65. The number of nitrogens with zero attached hydrogens (tertiary/aromatic N) is 4. The molecule has 0 N–H and O–H groups in total. The molecule has 1 fully saturated rings. The molecule has 172 valence electrons. The average molecular weight is 447 g/mol. The standard InChI is InChI=1S/C27H31FN4O/c1-4-24(22-10-6-5-7-11-22)27(33)32-15-13-31(14-16-32)26-25(19(2)29-20(3)30-26)18-21-9-8-12-23(28)17-21/h5-12,17,24H,4,13-16,18H2,1-3H3/t24-/m0/s1. The van der Waals surface area contributed by atoms with Crippen LogP contribution in [0.5, 0.6) is 0 Å². The Hall–Kier alpha value is -3.28. The molecular formula is C27H31FN4O. The van der Waals surface area contributed by atoms with Gasteiger partial charge >= 0.3 is 0 Å². The Morgan fingerprint density at radius 1 is 1.00 bits per heavy atom. The Kier molecular flexibility index (Phi) is 7.02. The fraction of sp³-hybridized carbons (Fsp3) is 0.370. The van der Waals surface area contributed by atoms with Gasteiger partial charge in [0, 0.05) is 43.9 Å². The van der Waals surface area contributed by atoms with Crippen molar-refractivity contribution < 1.29 is 9.18 Å². The number of anilines is 1. The molecule has 1 aliphatic rings. The summed E-state index contributed by atoms with van der Waals surface area (Å²) in [6.45, 7) is 8.68. The molecule has 33 heavy (non-hydrogen) atoms. The highest BCUT2D eigenvalue weighted by molar-refractivity contribution is 5.84. The third kappa shape index (κ3) is 5.21. The number of hydrogen-bond acceptors (Lipinski definition) is 4. The lowest BCUT2D eigenvalue weighted by Gasteiger charge is -2.38. The van der Waals surface area contributed by atoms with Crippen LogP contribution in [0.2, 0.25) is 0 Å². The molecule has 0 unspecified atom stereocenters. The van der Waals surface area contributed by atoms with E-state index < -0.39 is 0 Å². The lowest BCUT2D eigenvalue weighted by molar-refractivity contribution is -0.133. The zero-order valence-electron chi connectivity index (χ0n) is 19.6. The molecule has 2 heterocycles. The number of amides is 1. The lowest BCUT2D eigenvalue weighted by atomic mass is 9.94. The van der Waals surface area contributed by atoms with Crippen LogP contribution in [-0.2, 0) is 11.2 Å². The molecule has 0 radical (unpaired) electrons. The molecule has 0 bridgehead atoms. The van der Waals surface area contributed by atoms with Crippen molar-refractivity contribution in [3.05, 3.63) is 88.6 Å². The van der Waals surface area contributed by atoms with Gasteiger partial charge in [-0.25, -0.2) is 14.4 Å². The lowest BCUT2D eigenvalue weighted by Crippen LogP contribution is -2.50. The topological polar surface area (TPSA) is 49.3 Å². The molecule has 1 amide bonds. The van der Waals surface area contributed by atoms with Crippen molar-refractivity contribution in [1.29, 1.82) is 0 Å². The molecule has 0 spiro atoms. The minimum absolute atomic E-state index is 0.107. The predicted octanol–water partition coefficient (Wildman–Crippen LogP) is 4.67. The third-order valence-corrected chi connectivity index (χ3v) is 6.37. The summed E-state index contributed by atoms with van der Waals surface area (Å²) in [7, 11) is 0. The van der Waals surface area contributed by atoms with Crippen LogP contribution in [0, 0.1) is 19.7 Å². The number of benzene rings is 2. The van der Waals surface area contributed by atoms with E-state index in [4.69, 9.17) is 4.98 Å². The summed E-state index contributed by atoms with van der Waals surface area (Å²) in [6, 6.07) is 16.7.